The second-order valence-corrected chi connectivity index (χ2v) is 9.15. The molecular weight excluding hydrogens is 435 g/mol. The number of carbonyl (C=O) groups excluding carboxylic acids is 2. The Morgan fingerprint density at radius 1 is 1.21 bits per heavy atom. The Morgan fingerprint density at radius 2 is 1.79 bits per heavy atom. The molecular formula is C24H36BrFO3. The third-order valence-electron chi connectivity index (χ3n) is 4.97. The topological polar surface area (TPSA) is 43.4 Å². The van der Waals surface area contributed by atoms with Crippen LogP contribution in [0.15, 0.2) is 46.0 Å². The Hall–Kier alpha value is -1.49. The number of alkyl halides is 1. The molecule has 2 atom stereocenters. The van der Waals surface area contributed by atoms with Crippen LogP contribution >= 0.6 is 15.9 Å². The second kappa shape index (κ2) is 12.9. The maximum atomic E-state index is 13.2. The van der Waals surface area contributed by atoms with Crippen LogP contribution in [0.1, 0.15) is 67.7 Å². The van der Waals surface area contributed by atoms with Gasteiger partial charge in [-0.3, -0.25) is 9.59 Å². The van der Waals surface area contributed by atoms with Crippen LogP contribution < -0.4 is 0 Å². The van der Waals surface area contributed by atoms with E-state index in [0.717, 1.165) is 15.6 Å². The molecule has 0 radical (unpaired) electrons. The normalized spacial score (nSPS) is 15.7. The van der Waals surface area contributed by atoms with Crippen molar-refractivity contribution >= 4 is 27.7 Å². The van der Waals surface area contributed by atoms with Crippen LogP contribution in [0.2, 0.25) is 0 Å². The lowest BCUT2D eigenvalue weighted by Crippen LogP contribution is -2.36. The zero-order valence-corrected chi connectivity index (χ0v) is 20.5. The number of hydrogen-bond donors (Lipinski definition) is 0. The number of ether oxygens (including phenoxy) is 1. The zero-order chi connectivity index (χ0) is 22.8. The molecule has 0 N–H and O–H groups in total. The first-order valence-corrected chi connectivity index (χ1v) is 10.8. The fourth-order valence-electron chi connectivity index (χ4n) is 2.89. The van der Waals surface area contributed by atoms with E-state index in [1.165, 1.54) is 13.8 Å². The van der Waals surface area contributed by atoms with Gasteiger partial charge in [-0.1, -0.05) is 54.1 Å². The highest BCUT2D eigenvalue weighted by Gasteiger charge is 2.36. The standard InChI is InChI=1S/C24H36BrFO3/c1-9-21(25)14-18(4)16(2)11-13-22(24(7,8)15-29-20(6)27)23(28)17(3)10-12-19(5)26/h9-10,14,19,22H,2,11-13,15H2,1,3-8H3/b17-10-,18-14-,21-9+. The van der Waals surface area contributed by atoms with E-state index in [1.54, 1.807) is 13.0 Å². The van der Waals surface area contributed by atoms with Crippen LogP contribution in [-0.4, -0.2) is 24.5 Å². The number of Topliss-reactive ketones (excluding diaryl/α,β-unsaturated/α-hetero) is 1. The lowest BCUT2D eigenvalue weighted by Gasteiger charge is -2.33. The first-order valence-electron chi connectivity index (χ1n) is 9.98. The van der Waals surface area contributed by atoms with Gasteiger partial charge in [-0.05, 0) is 64.2 Å². The summed E-state index contributed by atoms with van der Waals surface area (Å²) in [5.74, 6) is -0.781. The number of carbonyl (C=O) groups is 2. The van der Waals surface area contributed by atoms with Gasteiger partial charge in [-0.2, -0.15) is 0 Å². The van der Waals surface area contributed by atoms with Crippen molar-refractivity contribution in [1.29, 1.82) is 0 Å². The van der Waals surface area contributed by atoms with E-state index in [2.05, 4.69) is 22.5 Å². The maximum absolute atomic E-state index is 13.2. The van der Waals surface area contributed by atoms with E-state index in [0.29, 0.717) is 18.4 Å². The van der Waals surface area contributed by atoms with Crippen LogP contribution in [0, 0.1) is 11.3 Å². The molecule has 0 rings (SSSR count). The van der Waals surface area contributed by atoms with E-state index < -0.39 is 11.6 Å². The van der Waals surface area contributed by atoms with Crippen molar-refractivity contribution in [1.82, 2.24) is 0 Å². The van der Waals surface area contributed by atoms with Crippen molar-refractivity contribution in [2.24, 2.45) is 11.3 Å². The molecule has 29 heavy (non-hydrogen) atoms. The summed E-state index contributed by atoms with van der Waals surface area (Å²) >= 11 is 3.47. The van der Waals surface area contributed by atoms with Gasteiger partial charge in [0.25, 0.3) is 0 Å². The monoisotopic (exact) mass is 470 g/mol. The fourth-order valence-corrected chi connectivity index (χ4v) is 3.23. The van der Waals surface area contributed by atoms with Crippen molar-refractivity contribution in [3.05, 3.63) is 46.0 Å². The molecule has 5 heteroatoms. The molecule has 0 saturated heterocycles. The van der Waals surface area contributed by atoms with Gasteiger partial charge in [0.1, 0.15) is 6.17 Å². The molecule has 0 spiro atoms. The van der Waals surface area contributed by atoms with Gasteiger partial charge >= 0.3 is 5.97 Å². The summed E-state index contributed by atoms with van der Waals surface area (Å²) in [5, 5.41) is 0. The number of allylic oxidation sites excluding steroid dienone is 7. The molecule has 0 aromatic heterocycles. The predicted molar refractivity (Wildman–Crippen MR) is 123 cm³/mol. The molecule has 0 aliphatic carbocycles. The van der Waals surface area contributed by atoms with Gasteiger partial charge in [0, 0.05) is 22.7 Å². The van der Waals surface area contributed by atoms with Crippen molar-refractivity contribution in [3.63, 3.8) is 0 Å². The summed E-state index contributed by atoms with van der Waals surface area (Å²) in [6.45, 7) is 16.6. The van der Waals surface area contributed by atoms with Crippen LogP contribution in [0.25, 0.3) is 0 Å². The molecule has 0 aromatic carbocycles. The minimum atomic E-state index is -0.997. The molecule has 0 heterocycles. The lowest BCUT2D eigenvalue weighted by molar-refractivity contribution is -0.146. The highest BCUT2D eigenvalue weighted by molar-refractivity contribution is 9.11. The Labute approximate surface area is 184 Å². The average Bonchev–Trinajstić information content (AvgIpc) is 2.63. The molecule has 0 saturated carbocycles. The zero-order valence-electron chi connectivity index (χ0n) is 18.9. The average molecular weight is 471 g/mol. The molecule has 2 unspecified atom stereocenters. The SMILES string of the molecule is C=C(CCC(C(=O)/C(C)=C\CC(C)F)C(C)(C)COC(C)=O)/C(C)=C\C(Br)=C/C. The summed E-state index contributed by atoms with van der Waals surface area (Å²) in [4.78, 5) is 24.5. The molecule has 0 amide bonds. The van der Waals surface area contributed by atoms with Crippen LogP contribution in [0.3, 0.4) is 0 Å². The number of halogens is 2. The number of rotatable bonds is 12. The first kappa shape index (κ1) is 27.5. The minimum Gasteiger partial charge on any atom is -0.465 e. The van der Waals surface area contributed by atoms with Crippen LogP contribution in [0.4, 0.5) is 4.39 Å². The van der Waals surface area contributed by atoms with Crippen molar-refractivity contribution < 1.29 is 18.7 Å². The largest absolute Gasteiger partial charge is 0.465 e. The minimum absolute atomic E-state index is 0.0353. The summed E-state index contributed by atoms with van der Waals surface area (Å²) in [7, 11) is 0. The third kappa shape index (κ3) is 10.7. The summed E-state index contributed by atoms with van der Waals surface area (Å²) in [6.07, 6.45) is 6.02. The van der Waals surface area contributed by atoms with Gasteiger partial charge in [0.05, 0.1) is 6.61 Å². The van der Waals surface area contributed by atoms with Crippen LogP contribution in [0.5, 0.6) is 0 Å². The molecule has 0 aliphatic heterocycles. The van der Waals surface area contributed by atoms with Gasteiger partial charge in [-0.25, -0.2) is 4.39 Å². The summed E-state index contributed by atoms with van der Waals surface area (Å²) < 4.78 is 19.4. The third-order valence-corrected chi connectivity index (χ3v) is 5.65. The molecule has 164 valence electrons. The van der Waals surface area contributed by atoms with E-state index in [-0.39, 0.29) is 30.7 Å². The quantitative estimate of drug-likeness (QED) is 0.174. The van der Waals surface area contributed by atoms with Crippen molar-refractivity contribution in [3.8, 4) is 0 Å². The smallest absolute Gasteiger partial charge is 0.302 e. The van der Waals surface area contributed by atoms with Crippen molar-refractivity contribution in [2.45, 2.75) is 73.9 Å². The number of hydrogen-bond acceptors (Lipinski definition) is 3. The summed E-state index contributed by atoms with van der Waals surface area (Å²) in [6, 6.07) is 0. The van der Waals surface area contributed by atoms with Gasteiger partial charge in [-0.15, -0.1) is 0 Å². The van der Waals surface area contributed by atoms with Gasteiger partial charge in [0.2, 0.25) is 0 Å². The molecule has 0 aliphatic rings. The maximum Gasteiger partial charge on any atom is 0.302 e. The van der Waals surface area contributed by atoms with Crippen LogP contribution in [-0.2, 0) is 14.3 Å². The number of ketones is 1. The molecule has 0 aromatic rings. The molecule has 0 fully saturated rings. The second-order valence-electron chi connectivity index (χ2n) is 8.23. The van der Waals surface area contributed by atoms with E-state index in [1.807, 2.05) is 39.8 Å². The van der Waals surface area contributed by atoms with E-state index >= 15 is 0 Å². The number of esters is 1. The fraction of sp³-hybridized carbons (Fsp3) is 0.583. The van der Waals surface area contributed by atoms with E-state index in [9.17, 15) is 14.0 Å². The summed E-state index contributed by atoms with van der Waals surface area (Å²) in [5.41, 5.74) is 1.98. The van der Waals surface area contributed by atoms with Gasteiger partial charge in [0.15, 0.2) is 5.78 Å². The first-order chi connectivity index (χ1) is 13.3. The van der Waals surface area contributed by atoms with E-state index in [4.69, 9.17) is 4.74 Å². The predicted octanol–water partition coefficient (Wildman–Crippen LogP) is 7.04. The Bertz CT molecular complexity index is 684. The molecule has 3 nitrogen and oxygen atoms in total. The van der Waals surface area contributed by atoms with Gasteiger partial charge < -0.3 is 4.74 Å². The lowest BCUT2D eigenvalue weighted by atomic mass is 9.72. The highest BCUT2D eigenvalue weighted by atomic mass is 79.9. The molecule has 0 bridgehead atoms. The Kier molecular flexibility index (Phi) is 12.3. The highest BCUT2D eigenvalue weighted by Crippen LogP contribution is 2.35. The Morgan fingerprint density at radius 3 is 2.28 bits per heavy atom. The Balaban J connectivity index is 5.56. The van der Waals surface area contributed by atoms with Crippen molar-refractivity contribution in [2.75, 3.05) is 6.61 Å².